The molecule has 0 bridgehead atoms. The summed E-state index contributed by atoms with van der Waals surface area (Å²) in [5.74, 6) is -0.996. The van der Waals surface area contributed by atoms with Gasteiger partial charge in [0.15, 0.2) is 10.9 Å². The first-order chi connectivity index (χ1) is 19.9. The van der Waals surface area contributed by atoms with Gasteiger partial charge in [0.25, 0.3) is 0 Å². The monoisotopic (exact) mass is 632 g/mol. The summed E-state index contributed by atoms with van der Waals surface area (Å²) in [6.45, 7) is 10.1. The largest absolute Gasteiger partial charge is 0.378 e. The van der Waals surface area contributed by atoms with E-state index in [4.69, 9.17) is 13.9 Å². The van der Waals surface area contributed by atoms with Gasteiger partial charge in [-0.15, -0.1) is 11.3 Å². The van der Waals surface area contributed by atoms with Crippen LogP contribution < -0.4 is 4.90 Å². The van der Waals surface area contributed by atoms with E-state index in [2.05, 4.69) is 17.9 Å². The summed E-state index contributed by atoms with van der Waals surface area (Å²) >= 11 is 3.04. The molecule has 0 N–H and O–H groups in total. The molecule has 11 heteroatoms. The topological polar surface area (TPSA) is 103 Å². The molecule has 8 nitrogen and oxygen atoms in total. The molecule has 5 rings (SSSR count). The van der Waals surface area contributed by atoms with Crippen molar-refractivity contribution in [1.29, 1.82) is 0 Å². The Morgan fingerprint density at radius 2 is 1.83 bits per heavy atom. The fourth-order valence-electron chi connectivity index (χ4n) is 5.55. The molecule has 2 aromatic heterocycles. The number of piperidine rings is 1. The number of rotatable bonds is 9. The summed E-state index contributed by atoms with van der Waals surface area (Å²) < 4.78 is 37.7. The van der Waals surface area contributed by atoms with E-state index in [0.717, 1.165) is 42.1 Å². The molecular formula is C31H40N2O6S3. The fourth-order valence-corrected chi connectivity index (χ4v) is 8.70. The number of aromatic nitrogens is 1. The summed E-state index contributed by atoms with van der Waals surface area (Å²) in [7, 11) is -4.28. The first-order valence-corrected chi connectivity index (χ1v) is 17.9. The van der Waals surface area contributed by atoms with Crippen molar-refractivity contribution >= 4 is 59.9 Å². The maximum atomic E-state index is 13.1. The fraction of sp³-hybridized carbons (Fsp3) is 0.581. The molecule has 2 fully saturated rings. The van der Waals surface area contributed by atoms with E-state index in [1.165, 1.54) is 28.3 Å². The Hall–Kier alpha value is -2.34. The van der Waals surface area contributed by atoms with Crippen LogP contribution in [-0.2, 0) is 30.3 Å². The van der Waals surface area contributed by atoms with Crippen molar-refractivity contribution in [3.8, 4) is 0 Å². The minimum atomic E-state index is -4.28. The Labute approximate surface area is 256 Å². The number of nitrogens with zero attached hydrogens (tertiary/aromatic N) is 2. The Morgan fingerprint density at radius 3 is 2.55 bits per heavy atom. The molecule has 0 aliphatic carbocycles. The number of unbranched alkanes of at least 4 members (excludes halogenated alkanes) is 1. The highest BCUT2D eigenvalue weighted by Crippen LogP contribution is 2.36. The summed E-state index contributed by atoms with van der Waals surface area (Å²) in [6.07, 6.45) is 5.57. The van der Waals surface area contributed by atoms with E-state index < -0.39 is 22.0 Å². The number of hydrogen-bond donors (Lipinski definition) is 0. The number of carbonyl (C=O) groups is 2. The smallest absolute Gasteiger partial charge is 0.341 e. The van der Waals surface area contributed by atoms with Crippen LogP contribution in [0.2, 0.25) is 0 Å². The van der Waals surface area contributed by atoms with Crippen LogP contribution in [0.15, 0.2) is 35.2 Å². The normalized spacial score (nSPS) is 20.6. The third-order valence-electron chi connectivity index (χ3n) is 8.23. The zero-order valence-corrected chi connectivity index (χ0v) is 27.2. The van der Waals surface area contributed by atoms with Gasteiger partial charge in [0, 0.05) is 30.5 Å². The summed E-state index contributed by atoms with van der Waals surface area (Å²) in [5, 5.41) is 0.802. The SMILES string of the molecule is CCCCc1ccc(C(=O)C2CCN(c3nc4ccc(S(=O)(=O)OC(=O)C5CCOC(C(C)(C)C)C5)cc4s3)CC2)s1. The number of Topliss-reactive ketones (excluding diaryl/α,β-unsaturated/α-hetero) is 1. The standard InChI is InChI=1S/C31H40N2O6S3/c1-5-6-7-22-8-11-25(40-22)28(34)20-12-15-33(16-13-20)30-32-24-10-9-23(19-26(24)41-30)42(36,37)39-29(35)21-14-17-38-27(18-21)31(2,3)4/h8-11,19-21,27H,5-7,12-18H2,1-4H3. The van der Waals surface area contributed by atoms with E-state index in [0.29, 0.717) is 42.8 Å². The van der Waals surface area contributed by atoms with Gasteiger partial charge in [0.05, 0.1) is 27.1 Å². The van der Waals surface area contributed by atoms with Crippen molar-refractivity contribution in [3.05, 3.63) is 40.1 Å². The lowest BCUT2D eigenvalue weighted by atomic mass is 9.81. The van der Waals surface area contributed by atoms with Crippen molar-refractivity contribution < 1.29 is 26.9 Å². The number of benzene rings is 1. The lowest BCUT2D eigenvalue weighted by Gasteiger charge is -2.36. The summed E-state index contributed by atoms with van der Waals surface area (Å²) in [5.41, 5.74) is 0.536. The minimum absolute atomic E-state index is 0.00846. The molecule has 4 heterocycles. The van der Waals surface area contributed by atoms with Gasteiger partial charge in [-0.05, 0) is 74.3 Å². The Bertz CT molecular complexity index is 1530. The number of thiophene rings is 1. The van der Waals surface area contributed by atoms with E-state index in [9.17, 15) is 18.0 Å². The van der Waals surface area contributed by atoms with Crippen LogP contribution in [0.1, 0.15) is 80.8 Å². The average Bonchev–Trinajstić information content (AvgIpc) is 3.62. The molecule has 2 aliphatic heterocycles. The van der Waals surface area contributed by atoms with Crippen LogP contribution in [0.3, 0.4) is 0 Å². The second-order valence-corrected chi connectivity index (χ2v) is 16.1. The van der Waals surface area contributed by atoms with Gasteiger partial charge in [0.1, 0.15) is 4.90 Å². The molecule has 2 unspecified atom stereocenters. The van der Waals surface area contributed by atoms with Crippen molar-refractivity contribution in [1.82, 2.24) is 4.98 Å². The number of carbonyl (C=O) groups excluding carboxylic acids is 2. The molecule has 2 atom stereocenters. The van der Waals surface area contributed by atoms with E-state index in [1.54, 1.807) is 17.4 Å². The molecule has 2 saturated heterocycles. The third-order valence-corrected chi connectivity index (χ3v) is 11.7. The van der Waals surface area contributed by atoms with Crippen LogP contribution in [0, 0.1) is 17.3 Å². The van der Waals surface area contributed by atoms with E-state index in [-0.39, 0.29) is 28.1 Å². The second-order valence-electron chi connectivity index (χ2n) is 12.4. The Balaban J connectivity index is 1.21. The van der Waals surface area contributed by atoms with Gasteiger partial charge < -0.3 is 13.8 Å². The number of ether oxygens (including phenoxy) is 1. The van der Waals surface area contributed by atoms with Gasteiger partial charge in [-0.1, -0.05) is 45.5 Å². The van der Waals surface area contributed by atoms with Crippen LogP contribution in [0.5, 0.6) is 0 Å². The molecule has 228 valence electrons. The number of aryl methyl sites for hydroxylation is 1. The molecule has 0 spiro atoms. The van der Waals surface area contributed by atoms with Crippen LogP contribution in [-0.4, -0.2) is 51.0 Å². The zero-order valence-electron chi connectivity index (χ0n) is 24.8. The molecule has 2 aliphatic rings. The molecule has 42 heavy (non-hydrogen) atoms. The molecule has 0 saturated carbocycles. The van der Waals surface area contributed by atoms with Crippen molar-refractivity contribution in [2.75, 3.05) is 24.6 Å². The average molecular weight is 633 g/mol. The lowest BCUT2D eigenvalue weighted by Crippen LogP contribution is -2.39. The quantitative estimate of drug-likeness (QED) is 0.186. The summed E-state index contributed by atoms with van der Waals surface area (Å²) in [6, 6.07) is 8.70. The van der Waals surface area contributed by atoms with E-state index >= 15 is 0 Å². The van der Waals surface area contributed by atoms with Gasteiger partial charge in [-0.3, -0.25) is 9.59 Å². The van der Waals surface area contributed by atoms with Crippen molar-refractivity contribution in [2.24, 2.45) is 17.3 Å². The first kappa shape index (κ1) is 31.1. The number of anilines is 1. The lowest BCUT2D eigenvalue weighted by molar-refractivity contribution is -0.146. The van der Waals surface area contributed by atoms with Gasteiger partial charge in [0.2, 0.25) is 0 Å². The molecular weight excluding hydrogens is 593 g/mol. The van der Waals surface area contributed by atoms with Crippen LogP contribution in [0.4, 0.5) is 5.13 Å². The zero-order chi connectivity index (χ0) is 30.1. The maximum Gasteiger partial charge on any atom is 0.341 e. The highest BCUT2D eigenvalue weighted by molar-refractivity contribution is 7.87. The molecule has 0 radical (unpaired) electrons. The maximum absolute atomic E-state index is 13.1. The summed E-state index contributed by atoms with van der Waals surface area (Å²) in [4.78, 5) is 34.9. The number of ketones is 1. The predicted octanol–water partition coefficient (Wildman–Crippen LogP) is 6.87. The minimum Gasteiger partial charge on any atom is -0.378 e. The van der Waals surface area contributed by atoms with Gasteiger partial charge in [-0.2, -0.15) is 8.42 Å². The number of hydrogen-bond acceptors (Lipinski definition) is 10. The van der Waals surface area contributed by atoms with Crippen molar-refractivity contribution in [3.63, 3.8) is 0 Å². The number of fused-ring (bicyclic) bond motifs is 1. The van der Waals surface area contributed by atoms with E-state index in [1.807, 2.05) is 26.8 Å². The van der Waals surface area contributed by atoms with Crippen LogP contribution in [0.25, 0.3) is 10.2 Å². The highest BCUT2D eigenvalue weighted by Gasteiger charge is 2.37. The Morgan fingerprint density at radius 1 is 1.07 bits per heavy atom. The van der Waals surface area contributed by atoms with Gasteiger partial charge in [-0.25, -0.2) is 4.98 Å². The predicted molar refractivity (Wildman–Crippen MR) is 167 cm³/mol. The molecule has 0 amide bonds. The Kier molecular flexibility index (Phi) is 9.42. The molecule has 3 aromatic rings. The van der Waals surface area contributed by atoms with Crippen LogP contribution >= 0.6 is 22.7 Å². The van der Waals surface area contributed by atoms with Crippen molar-refractivity contribution in [2.45, 2.75) is 83.6 Å². The van der Waals surface area contributed by atoms with Gasteiger partial charge >= 0.3 is 16.1 Å². The number of thiazole rings is 1. The second kappa shape index (κ2) is 12.7. The third kappa shape index (κ3) is 7.06. The molecule has 1 aromatic carbocycles. The first-order valence-electron chi connectivity index (χ1n) is 14.8. The highest BCUT2D eigenvalue weighted by atomic mass is 32.2.